The van der Waals surface area contributed by atoms with Gasteiger partial charge in [0, 0.05) is 16.7 Å². The number of ether oxygens (including phenoxy) is 2. The van der Waals surface area contributed by atoms with Gasteiger partial charge in [0.15, 0.2) is 0 Å². The molecule has 7 nitrogen and oxygen atoms in total. The maximum atomic E-state index is 11.0. The lowest BCUT2D eigenvalue weighted by atomic mass is 10.4. The maximum Gasteiger partial charge on any atom is 0.332 e. The van der Waals surface area contributed by atoms with Gasteiger partial charge in [-0.3, -0.25) is 14.9 Å². The minimum Gasteiger partial charge on any atom is -0.472 e. The zero-order valence-corrected chi connectivity index (χ0v) is 11.2. The van der Waals surface area contributed by atoms with Crippen molar-refractivity contribution in [2.45, 2.75) is 13.3 Å². The Bertz CT molecular complexity index is 452. The molecule has 0 atom stereocenters. The summed E-state index contributed by atoms with van der Waals surface area (Å²) in [6, 6.07) is 1.28. The van der Waals surface area contributed by atoms with E-state index in [0.29, 0.717) is 4.47 Å². The fraction of sp³-hybridized carbons (Fsp3) is 0.400. The van der Waals surface area contributed by atoms with Crippen LogP contribution < -0.4 is 4.74 Å². The van der Waals surface area contributed by atoms with Crippen molar-refractivity contribution >= 4 is 27.6 Å². The highest BCUT2D eigenvalue weighted by atomic mass is 79.9. The second-order valence-electron chi connectivity index (χ2n) is 3.14. The standard InChI is InChI=1S/C10H11BrN2O5/c1-2-17-9(14)3-4-18-10-8(13(15)16)5-7(11)6-12-10/h5-6H,2-4H2,1H3. The number of hydrogen-bond acceptors (Lipinski definition) is 6. The zero-order valence-electron chi connectivity index (χ0n) is 9.59. The molecule has 18 heavy (non-hydrogen) atoms. The fourth-order valence-corrected chi connectivity index (χ4v) is 1.44. The molecule has 98 valence electrons. The molecule has 1 aromatic rings. The molecule has 8 heteroatoms. The van der Waals surface area contributed by atoms with Crippen molar-refractivity contribution in [3.05, 3.63) is 26.9 Å². The molecule has 0 fully saturated rings. The van der Waals surface area contributed by atoms with Crippen molar-refractivity contribution < 1.29 is 19.2 Å². The van der Waals surface area contributed by atoms with Crippen molar-refractivity contribution in [3.8, 4) is 5.88 Å². The molecule has 0 amide bonds. The Morgan fingerprint density at radius 2 is 2.33 bits per heavy atom. The molecule has 0 N–H and O–H groups in total. The highest BCUT2D eigenvalue weighted by molar-refractivity contribution is 9.10. The summed E-state index contributed by atoms with van der Waals surface area (Å²) in [5.74, 6) is -0.537. The smallest absolute Gasteiger partial charge is 0.332 e. The number of esters is 1. The Morgan fingerprint density at radius 3 is 2.94 bits per heavy atom. The molecule has 1 rings (SSSR count). The maximum absolute atomic E-state index is 11.0. The highest BCUT2D eigenvalue weighted by Crippen LogP contribution is 2.27. The van der Waals surface area contributed by atoms with Gasteiger partial charge in [0.25, 0.3) is 5.88 Å². The van der Waals surface area contributed by atoms with Crippen LogP contribution in [0.2, 0.25) is 0 Å². The third-order valence-corrected chi connectivity index (χ3v) is 2.28. The largest absolute Gasteiger partial charge is 0.472 e. The van der Waals surface area contributed by atoms with Crippen LogP contribution in [0.1, 0.15) is 13.3 Å². The van der Waals surface area contributed by atoms with E-state index >= 15 is 0 Å². The normalized spacial score (nSPS) is 9.89. The topological polar surface area (TPSA) is 91.6 Å². The van der Waals surface area contributed by atoms with Gasteiger partial charge in [0.1, 0.15) is 6.61 Å². The van der Waals surface area contributed by atoms with Gasteiger partial charge in [-0.05, 0) is 22.9 Å². The monoisotopic (exact) mass is 318 g/mol. The van der Waals surface area contributed by atoms with Crippen molar-refractivity contribution in [1.29, 1.82) is 0 Å². The first-order valence-corrected chi connectivity index (χ1v) is 5.92. The van der Waals surface area contributed by atoms with Gasteiger partial charge < -0.3 is 9.47 Å². The lowest BCUT2D eigenvalue weighted by Gasteiger charge is -2.05. The first-order chi connectivity index (χ1) is 8.54. The number of nitrogens with zero attached hydrogens (tertiary/aromatic N) is 2. The summed E-state index contributed by atoms with van der Waals surface area (Å²) in [6.45, 7) is 1.96. The van der Waals surface area contributed by atoms with E-state index in [4.69, 9.17) is 9.47 Å². The lowest BCUT2D eigenvalue weighted by Crippen LogP contribution is -2.10. The number of halogens is 1. The molecule has 0 aliphatic carbocycles. The predicted molar refractivity (Wildman–Crippen MR) is 65.3 cm³/mol. The minimum absolute atomic E-state index is 0.0166. The van der Waals surface area contributed by atoms with Gasteiger partial charge in [-0.2, -0.15) is 0 Å². The van der Waals surface area contributed by atoms with Gasteiger partial charge in [-0.25, -0.2) is 4.98 Å². The van der Waals surface area contributed by atoms with Gasteiger partial charge in [-0.15, -0.1) is 0 Å². The third kappa shape index (κ3) is 4.28. The van der Waals surface area contributed by atoms with E-state index in [2.05, 4.69) is 20.9 Å². The van der Waals surface area contributed by atoms with Gasteiger partial charge in [-0.1, -0.05) is 0 Å². The number of nitro groups is 1. The Hall–Kier alpha value is -1.70. The van der Waals surface area contributed by atoms with Crippen LogP contribution in [0, 0.1) is 10.1 Å². The molecule has 0 saturated heterocycles. The molecule has 0 aliphatic rings. The van der Waals surface area contributed by atoms with E-state index in [0.717, 1.165) is 0 Å². The summed E-state index contributed by atoms with van der Waals surface area (Å²) in [4.78, 5) is 25.0. The van der Waals surface area contributed by atoms with E-state index in [1.807, 2.05) is 0 Å². The Morgan fingerprint density at radius 1 is 1.61 bits per heavy atom. The van der Waals surface area contributed by atoms with E-state index < -0.39 is 10.9 Å². The fourth-order valence-electron chi connectivity index (χ4n) is 1.12. The molecule has 0 aromatic carbocycles. The van der Waals surface area contributed by atoms with Crippen molar-refractivity contribution in [3.63, 3.8) is 0 Å². The predicted octanol–water partition coefficient (Wildman–Crippen LogP) is 2.08. The summed E-state index contributed by atoms with van der Waals surface area (Å²) < 4.78 is 10.3. The number of carbonyl (C=O) groups is 1. The van der Waals surface area contributed by atoms with E-state index in [1.165, 1.54) is 12.3 Å². The van der Waals surface area contributed by atoms with Gasteiger partial charge in [0.2, 0.25) is 0 Å². The van der Waals surface area contributed by atoms with Gasteiger partial charge >= 0.3 is 11.7 Å². The molecule has 1 heterocycles. The van der Waals surface area contributed by atoms with Crippen molar-refractivity contribution in [2.24, 2.45) is 0 Å². The molecule has 0 aliphatic heterocycles. The molecule has 0 radical (unpaired) electrons. The van der Waals surface area contributed by atoms with Crippen LogP contribution in [0.5, 0.6) is 5.88 Å². The SMILES string of the molecule is CCOC(=O)CCOc1ncc(Br)cc1[N+](=O)[O-]. The second-order valence-corrected chi connectivity index (χ2v) is 4.05. The Balaban J connectivity index is 2.62. The minimum atomic E-state index is -0.600. The number of carbonyl (C=O) groups excluding carboxylic acids is 1. The molecule has 0 saturated carbocycles. The van der Waals surface area contributed by atoms with Gasteiger partial charge in [0.05, 0.1) is 18.0 Å². The quantitative estimate of drug-likeness (QED) is 0.453. The molecule has 1 aromatic heterocycles. The number of rotatable bonds is 6. The molecule has 0 bridgehead atoms. The van der Waals surface area contributed by atoms with Crippen LogP contribution in [0.25, 0.3) is 0 Å². The zero-order chi connectivity index (χ0) is 13.5. The number of aromatic nitrogens is 1. The summed E-state index contributed by atoms with van der Waals surface area (Å²) in [6.07, 6.45) is 1.40. The van der Waals surface area contributed by atoms with Crippen LogP contribution in [0.4, 0.5) is 5.69 Å². The van der Waals surface area contributed by atoms with Crippen molar-refractivity contribution in [2.75, 3.05) is 13.2 Å². The molecule has 0 spiro atoms. The number of pyridine rings is 1. The Kier molecular flexibility index (Phi) is 5.50. The van der Waals surface area contributed by atoms with E-state index in [9.17, 15) is 14.9 Å². The molecule has 0 unspecified atom stereocenters. The highest BCUT2D eigenvalue weighted by Gasteiger charge is 2.17. The van der Waals surface area contributed by atoms with Crippen LogP contribution in [0.3, 0.4) is 0 Å². The second kappa shape index (κ2) is 6.90. The van der Waals surface area contributed by atoms with Crippen LogP contribution in [-0.4, -0.2) is 29.1 Å². The summed E-state index contributed by atoms with van der Waals surface area (Å²) in [5, 5.41) is 10.7. The number of hydrogen-bond donors (Lipinski definition) is 0. The summed E-state index contributed by atoms with van der Waals surface area (Å²) in [5.41, 5.74) is -0.256. The molecular formula is C10H11BrN2O5. The Labute approximate surface area is 111 Å². The van der Waals surface area contributed by atoms with Crippen LogP contribution in [0.15, 0.2) is 16.7 Å². The average Bonchev–Trinajstić information content (AvgIpc) is 2.31. The van der Waals surface area contributed by atoms with Crippen LogP contribution >= 0.6 is 15.9 Å². The average molecular weight is 319 g/mol. The van der Waals surface area contributed by atoms with Crippen molar-refractivity contribution in [1.82, 2.24) is 4.98 Å². The molecular weight excluding hydrogens is 308 g/mol. The van der Waals surface area contributed by atoms with Crippen LogP contribution in [-0.2, 0) is 9.53 Å². The summed E-state index contributed by atoms with van der Waals surface area (Å²) >= 11 is 3.08. The van der Waals surface area contributed by atoms with E-state index in [1.54, 1.807) is 6.92 Å². The van der Waals surface area contributed by atoms with E-state index in [-0.39, 0.29) is 31.2 Å². The summed E-state index contributed by atoms with van der Waals surface area (Å²) in [7, 11) is 0. The third-order valence-electron chi connectivity index (χ3n) is 1.85. The first-order valence-electron chi connectivity index (χ1n) is 5.13. The lowest BCUT2D eigenvalue weighted by molar-refractivity contribution is -0.386. The first kappa shape index (κ1) is 14.4.